The number of nitrogens with one attached hydrogen (secondary N) is 1. The summed E-state index contributed by atoms with van der Waals surface area (Å²) in [6, 6.07) is 6.46. The van der Waals surface area contributed by atoms with Crippen LogP contribution in [0.2, 0.25) is 0 Å². The maximum absolute atomic E-state index is 11.9. The van der Waals surface area contributed by atoms with Crippen LogP contribution in [0.3, 0.4) is 0 Å². The molecule has 0 aliphatic carbocycles. The molecule has 0 spiro atoms. The number of hydrogen-bond donors (Lipinski definition) is 2. The van der Waals surface area contributed by atoms with Gasteiger partial charge >= 0.3 is 5.97 Å². The van der Waals surface area contributed by atoms with Gasteiger partial charge in [-0.3, -0.25) is 9.59 Å². The first-order valence-electron chi connectivity index (χ1n) is 7.28. The minimum atomic E-state index is -0.932. The zero-order valence-electron chi connectivity index (χ0n) is 12.6. The summed E-state index contributed by atoms with van der Waals surface area (Å²) in [5.41, 5.74) is 0.494. The van der Waals surface area contributed by atoms with Gasteiger partial charge in [0.15, 0.2) is 0 Å². The van der Waals surface area contributed by atoms with Crippen LogP contribution in [0.25, 0.3) is 0 Å². The Kier molecular flexibility index (Phi) is 7.29. The summed E-state index contributed by atoms with van der Waals surface area (Å²) >= 11 is 0. The molecule has 0 heterocycles. The van der Waals surface area contributed by atoms with Crippen molar-refractivity contribution < 1.29 is 19.4 Å². The van der Waals surface area contributed by atoms with E-state index in [0.717, 1.165) is 25.0 Å². The maximum Gasteiger partial charge on any atom is 0.305 e. The fraction of sp³-hybridized carbons (Fsp3) is 0.500. The summed E-state index contributed by atoms with van der Waals surface area (Å²) in [6.07, 6.45) is 3.22. The number of unbranched alkanes of at least 4 members (excludes halogenated alkanes) is 2. The molecular formula is C16H23NO4. The van der Waals surface area contributed by atoms with Crippen LogP contribution in [0.1, 0.15) is 49.9 Å². The van der Waals surface area contributed by atoms with Crippen LogP contribution in [0.15, 0.2) is 24.3 Å². The van der Waals surface area contributed by atoms with Crippen LogP contribution in [0.4, 0.5) is 0 Å². The number of carbonyl (C=O) groups is 2. The lowest BCUT2D eigenvalue weighted by Crippen LogP contribution is -2.34. The predicted molar refractivity (Wildman–Crippen MR) is 80.6 cm³/mol. The zero-order chi connectivity index (χ0) is 15.7. The molecule has 21 heavy (non-hydrogen) atoms. The van der Waals surface area contributed by atoms with E-state index in [2.05, 4.69) is 12.2 Å². The molecule has 0 aliphatic heterocycles. The number of carbonyl (C=O) groups excluding carboxylic acids is 1. The van der Waals surface area contributed by atoms with E-state index < -0.39 is 12.0 Å². The Morgan fingerprint density at radius 3 is 2.48 bits per heavy atom. The van der Waals surface area contributed by atoms with Crippen molar-refractivity contribution >= 4 is 11.9 Å². The number of aliphatic carboxylic acids is 1. The monoisotopic (exact) mass is 293 g/mol. The smallest absolute Gasteiger partial charge is 0.305 e. The van der Waals surface area contributed by atoms with E-state index in [1.165, 1.54) is 0 Å². The summed E-state index contributed by atoms with van der Waals surface area (Å²) in [6.45, 7) is 4.48. The van der Waals surface area contributed by atoms with Crippen molar-refractivity contribution in [2.45, 2.75) is 45.6 Å². The average Bonchev–Trinajstić information content (AvgIpc) is 2.43. The first-order chi connectivity index (χ1) is 10.0. The molecular weight excluding hydrogens is 270 g/mol. The van der Waals surface area contributed by atoms with E-state index in [1.54, 1.807) is 31.2 Å². The van der Waals surface area contributed by atoms with Crippen LogP contribution >= 0.6 is 0 Å². The Morgan fingerprint density at radius 2 is 1.90 bits per heavy atom. The quantitative estimate of drug-likeness (QED) is 0.686. The standard InChI is InChI=1S/C16H23NO4/c1-3-4-5-10-21-14-8-6-13(7-9-14)16(20)17-12(2)11-15(18)19/h6-9,12H,3-5,10-11H2,1-2H3,(H,17,20)(H,18,19). The summed E-state index contributed by atoms with van der Waals surface area (Å²) in [5, 5.41) is 11.3. The number of carboxylic acids is 1. The maximum atomic E-state index is 11.9. The molecule has 0 radical (unpaired) electrons. The molecule has 5 heteroatoms. The molecule has 0 fully saturated rings. The topological polar surface area (TPSA) is 75.6 Å². The van der Waals surface area contributed by atoms with Gasteiger partial charge in [-0.15, -0.1) is 0 Å². The Morgan fingerprint density at radius 1 is 1.24 bits per heavy atom. The Bertz CT molecular complexity index is 456. The third-order valence-electron chi connectivity index (χ3n) is 2.99. The highest BCUT2D eigenvalue weighted by Crippen LogP contribution is 2.13. The lowest BCUT2D eigenvalue weighted by Gasteiger charge is -2.12. The van der Waals surface area contributed by atoms with Gasteiger partial charge < -0.3 is 15.2 Å². The largest absolute Gasteiger partial charge is 0.494 e. The second-order valence-electron chi connectivity index (χ2n) is 5.05. The number of carboxylic acid groups (broad SMARTS) is 1. The normalized spacial score (nSPS) is 11.7. The molecule has 0 saturated heterocycles. The highest BCUT2D eigenvalue weighted by Gasteiger charge is 2.12. The van der Waals surface area contributed by atoms with Crippen molar-refractivity contribution in [1.82, 2.24) is 5.32 Å². The molecule has 0 aliphatic rings. The van der Waals surface area contributed by atoms with Gasteiger partial charge in [-0.05, 0) is 37.6 Å². The predicted octanol–water partition coefficient (Wildman–Crippen LogP) is 2.85. The van der Waals surface area contributed by atoms with Gasteiger partial charge in [-0.1, -0.05) is 19.8 Å². The third-order valence-corrected chi connectivity index (χ3v) is 2.99. The first kappa shape index (κ1) is 17.0. The minimum Gasteiger partial charge on any atom is -0.494 e. The molecule has 0 saturated carbocycles. The third kappa shape index (κ3) is 6.79. The van der Waals surface area contributed by atoms with Crippen LogP contribution in [0.5, 0.6) is 5.75 Å². The number of amides is 1. The van der Waals surface area contributed by atoms with E-state index in [9.17, 15) is 9.59 Å². The lowest BCUT2D eigenvalue weighted by atomic mass is 10.1. The van der Waals surface area contributed by atoms with Gasteiger partial charge in [0.25, 0.3) is 5.91 Å². The molecule has 0 bridgehead atoms. The van der Waals surface area contributed by atoms with Crippen LogP contribution in [-0.4, -0.2) is 29.6 Å². The van der Waals surface area contributed by atoms with Crippen molar-refractivity contribution in [3.8, 4) is 5.75 Å². The number of ether oxygens (including phenoxy) is 1. The summed E-state index contributed by atoms with van der Waals surface area (Å²) in [5.74, 6) is -0.471. The summed E-state index contributed by atoms with van der Waals surface area (Å²) in [7, 11) is 0. The highest BCUT2D eigenvalue weighted by molar-refractivity contribution is 5.94. The Labute approximate surface area is 125 Å². The molecule has 1 atom stereocenters. The van der Waals surface area contributed by atoms with Crippen LogP contribution < -0.4 is 10.1 Å². The van der Waals surface area contributed by atoms with Gasteiger partial charge in [0.1, 0.15) is 5.75 Å². The fourth-order valence-corrected chi connectivity index (χ4v) is 1.86. The molecule has 1 unspecified atom stereocenters. The van der Waals surface area contributed by atoms with Gasteiger partial charge in [0.2, 0.25) is 0 Å². The lowest BCUT2D eigenvalue weighted by molar-refractivity contribution is -0.137. The number of hydrogen-bond acceptors (Lipinski definition) is 3. The number of benzene rings is 1. The van der Waals surface area contributed by atoms with E-state index in [4.69, 9.17) is 9.84 Å². The second kappa shape index (κ2) is 9.00. The zero-order valence-corrected chi connectivity index (χ0v) is 12.6. The molecule has 0 aromatic heterocycles. The molecule has 116 valence electrons. The van der Waals surface area contributed by atoms with Gasteiger partial charge in [0, 0.05) is 11.6 Å². The summed E-state index contributed by atoms with van der Waals surface area (Å²) < 4.78 is 5.57. The number of rotatable bonds is 9. The van der Waals surface area contributed by atoms with Crippen molar-refractivity contribution in [3.05, 3.63) is 29.8 Å². The van der Waals surface area contributed by atoms with E-state index in [-0.39, 0.29) is 12.3 Å². The average molecular weight is 293 g/mol. The summed E-state index contributed by atoms with van der Waals surface area (Å²) in [4.78, 5) is 22.5. The first-order valence-corrected chi connectivity index (χ1v) is 7.28. The van der Waals surface area contributed by atoms with Gasteiger partial charge in [-0.2, -0.15) is 0 Å². The molecule has 1 rings (SSSR count). The van der Waals surface area contributed by atoms with Gasteiger partial charge in [0.05, 0.1) is 13.0 Å². The minimum absolute atomic E-state index is 0.0929. The highest BCUT2D eigenvalue weighted by atomic mass is 16.5. The van der Waals surface area contributed by atoms with Crippen molar-refractivity contribution in [2.24, 2.45) is 0 Å². The van der Waals surface area contributed by atoms with E-state index in [1.807, 2.05) is 0 Å². The van der Waals surface area contributed by atoms with Crippen molar-refractivity contribution in [1.29, 1.82) is 0 Å². The van der Waals surface area contributed by atoms with Crippen molar-refractivity contribution in [2.75, 3.05) is 6.61 Å². The van der Waals surface area contributed by atoms with Gasteiger partial charge in [-0.25, -0.2) is 0 Å². The Balaban J connectivity index is 2.45. The fourth-order valence-electron chi connectivity index (χ4n) is 1.86. The van der Waals surface area contributed by atoms with Crippen LogP contribution in [-0.2, 0) is 4.79 Å². The molecule has 5 nitrogen and oxygen atoms in total. The SMILES string of the molecule is CCCCCOc1ccc(C(=O)NC(C)CC(=O)O)cc1. The molecule has 1 amide bonds. The molecule has 1 aromatic carbocycles. The van der Waals surface area contributed by atoms with Crippen molar-refractivity contribution in [3.63, 3.8) is 0 Å². The van der Waals surface area contributed by atoms with E-state index >= 15 is 0 Å². The van der Waals surface area contributed by atoms with Crippen LogP contribution in [0, 0.1) is 0 Å². The molecule has 1 aromatic rings. The Hall–Kier alpha value is -2.04. The second-order valence-corrected chi connectivity index (χ2v) is 5.05. The van der Waals surface area contributed by atoms with E-state index in [0.29, 0.717) is 12.2 Å². The molecule has 2 N–H and O–H groups in total.